The lowest BCUT2D eigenvalue weighted by molar-refractivity contribution is 0.0195. The number of nitriles is 1. The number of hydrogen-bond acceptors (Lipinski definition) is 5. The molecular weight excluding hydrogens is 280 g/mol. The summed E-state index contributed by atoms with van der Waals surface area (Å²) in [6.45, 7) is 6.53. The van der Waals surface area contributed by atoms with Crippen LogP contribution in [0, 0.1) is 11.3 Å². The fraction of sp³-hybridized carbons (Fsp3) is 0.562. The van der Waals surface area contributed by atoms with E-state index in [0.29, 0.717) is 25.9 Å². The van der Waals surface area contributed by atoms with Crippen LogP contribution in [0.3, 0.4) is 0 Å². The van der Waals surface area contributed by atoms with Crippen molar-refractivity contribution in [3.63, 3.8) is 0 Å². The molecular formula is C16H22N4O2. The summed E-state index contributed by atoms with van der Waals surface area (Å²) in [5.41, 5.74) is -0.356. The lowest BCUT2D eigenvalue weighted by atomic mass is 9.89. The van der Waals surface area contributed by atoms with Crippen LogP contribution in [0.2, 0.25) is 0 Å². The van der Waals surface area contributed by atoms with Gasteiger partial charge in [-0.1, -0.05) is 0 Å². The van der Waals surface area contributed by atoms with Gasteiger partial charge in [-0.15, -0.1) is 0 Å². The molecule has 2 heterocycles. The second kappa shape index (κ2) is 6.22. The topological polar surface area (TPSA) is 78.2 Å². The van der Waals surface area contributed by atoms with Crippen LogP contribution in [0.5, 0.6) is 0 Å². The van der Waals surface area contributed by atoms with Gasteiger partial charge in [0.15, 0.2) is 0 Å². The maximum atomic E-state index is 12.1. The standard InChI is InChI=1S/C16H22N4O2/c1-15(2,3)22-14(21)20-9-6-16(12-17,7-10-20)19-13-5-4-8-18-11-13/h4-5,8,11,19H,6-7,9-10H2,1-3H3. The number of pyridine rings is 1. The van der Waals surface area contributed by atoms with Gasteiger partial charge in [-0.25, -0.2) is 4.79 Å². The van der Waals surface area contributed by atoms with Gasteiger partial charge in [-0.05, 0) is 32.9 Å². The molecule has 2 rings (SSSR count). The fourth-order valence-corrected chi connectivity index (χ4v) is 2.38. The predicted octanol–water partition coefficient (Wildman–Crippen LogP) is 2.79. The molecule has 6 heteroatoms. The monoisotopic (exact) mass is 302 g/mol. The van der Waals surface area contributed by atoms with Crippen molar-refractivity contribution in [1.82, 2.24) is 9.88 Å². The smallest absolute Gasteiger partial charge is 0.410 e. The summed E-state index contributed by atoms with van der Waals surface area (Å²) in [5.74, 6) is 0. The molecule has 0 radical (unpaired) electrons. The van der Waals surface area contributed by atoms with Gasteiger partial charge in [0.2, 0.25) is 0 Å². The Morgan fingerprint density at radius 1 is 1.45 bits per heavy atom. The van der Waals surface area contributed by atoms with E-state index >= 15 is 0 Å². The van der Waals surface area contributed by atoms with Gasteiger partial charge in [-0.3, -0.25) is 4.98 Å². The molecule has 118 valence electrons. The maximum Gasteiger partial charge on any atom is 0.410 e. The lowest BCUT2D eigenvalue weighted by Gasteiger charge is -2.38. The van der Waals surface area contributed by atoms with Crippen molar-refractivity contribution in [2.45, 2.75) is 44.8 Å². The number of likely N-dealkylation sites (tertiary alicyclic amines) is 1. The van der Waals surface area contributed by atoms with E-state index in [-0.39, 0.29) is 6.09 Å². The molecule has 1 aromatic heterocycles. The van der Waals surface area contributed by atoms with E-state index < -0.39 is 11.1 Å². The highest BCUT2D eigenvalue weighted by atomic mass is 16.6. The molecule has 6 nitrogen and oxygen atoms in total. The molecule has 1 saturated heterocycles. The number of rotatable bonds is 2. The van der Waals surface area contributed by atoms with E-state index in [1.54, 1.807) is 17.3 Å². The molecule has 1 aromatic rings. The first-order valence-electron chi connectivity index (χ1n) is 7.41. The van der Waals surface area contributed by atoms with Gasteiger partial charge >= 0.3 is 6.09 Å². The van der Waals surface area contributed by atoms with Crippen LogP contribution in [0.25, 0.3) is 0 Å². The largest absolute Gasteiger partial charge is 0.444 e. The summed E-state index contributed by atoms with van der Waals surface area (Å²) in [4.78, 5) is 17.8. The Hall–Kier alpha value is -2.29. The Morgan fingerprint density at radius 2 is 2.14 bits per heavy atom. The van der Waals surface area contributed by atoms with Crippen molar-refractivity contribution >= 4 is 11.8 Å². The molecule has 0 aromatic carbocycles. The number of nitrogens with one attached hydrogen (secondary N) is 1. The number of ether oxygens (including phenoxy) is 1. The van der Waals surface area contributed by atoms with E-state index in [9.17, 15) is 10.1 Å². The molecule has 22 heavy (non-hydrogen) atoms. The van der Waals surface area contributed by atoms with Gasteiger partial charge < -0.3 is 15.0 Å². The van der Waals surface area contributed by atoms with Crippen molar-refractivity contribution < 1.29 is 9.53 Å². The summed E-state index contributed by atoms with van der Waals surface area (Å²) < 4.78 is 5.37. The van der Waals surface area contributed by atoms with Crippen LogP contribution in [-0.2, 0) is 4.74 Å². The number of carbonyl (C=O) groups is 1. The molecule has 1 aliphatic rings. The summed E-state index contributed by atoms with van der Waals surface area (Å²) in [5, 5.41) is 12.8. The third kappa shape index (κ3) is 4.10. The number of carbonyl (C=O) groups excluding carboxylic acids is 1. The van der Waals surface area contributed by atoms with Gasteiger partial charge in [0.05, 0.1) is 11.8 Å². The van der Waals surface area contributed by atoms with Gasteiger partial charge in [0.25, 0.3) is 0 Å². The average Bonchev–Trinajstić information content (AvgIpc) is 2.47. The quantitative estimate of drug-likeness (QED) is 0.909. The van der Waals surface area contributed by atoms with Crippen LogP contribution in [0.15, 0.2) is 24.5 Å². The van der Waals surface area contributed by atoms with Crippen molar-refractivity contribution in [2.24, 2.45) is 0 Å². The first-order valence-corrected chi connectivity index (χ1v) is 7.41. The van der Waals surface area contributed by atoms with E-state index in [2.05, 4.69) is 16.4 Å². The Balaban J connectivity index is 1.97. The molecule has 1 fully saturated rings. The SMILES string of the molecule is CC(C)(C)OC(=O)N1CCC(C#N)(Nc2cccnc2)CC1. The van der Waals surface area contributed by atoms with Crippen molar-refractivity contribution in [3.05, 3.63) is 24.5 Å². The summed E-state index contributed by atoms with van der Waals surface area (Å²) >= 11 is 0. The van der Waals surface area contributed by atoms with Crippen molar-refractivity contribution in [2.75, 3.05) is 18.4 Å². The van der Waals surface area contributed by atoms with Crippen LogP contribution in [0.4, 0.5) is 10.5 Å². The number of aromatic nitrogens is 1. The van der Waals surface area contributed by atoms with Gasteiger partial charge in [-0.2, -0.15) is 5.26 Å². The van der Waals surface area contributed by atoms with Crippen LogP contribution >= 0.6 is 0 Å². The Labute approximate surface area is 131 Å². The molecule has 0 atom stereocenters. The second-order valence-corrected chi connectivity index (χ2v) is 6.53. The number of amides is 1. The van der Waals surface area contributed by atoms with Gasteiger partial charge in [0.1, 0.15) is 11.1 Å². The first-order chi connectivity index (χ1) is 10.3. The maximum absolute atomic E-state index is 12.1. The Morgan fingerprint density at radius 3 is 2.64 bits per heavy atom. The summed E-state index contributed by atoms with van der Waals surface area (Å²) in [6.07, 6.45) is 4.17. The molecule has 0 saturated carbocycles. The zero-order chi connectivity index (χ0) is 16.2. The Bertz CT molecular complexity index is 552. The van der Waals surface area contributed by atoms with E-state index in [0.717, 1.165) is 5.69 Å². The lowest BCUT2D eigenvalue weighted by Crippen LogP contribution is -2.51. The van der Waals surface area contributed by atoms with E-state index in [4.69, 9.17) is 4.74 Å². The molecule has 0 spiro atoms. The molecule has 1 N–H and O–H groups in total. The van der Waals surface area contributed by atoms with Crippen LogP contribution in [-0.4, -0.2) is 40.2 Å². The summed E-state index contributed by atoms with van der Waals surface area (Å²) in [7, 11) is 0. The number of hydrogen-bond donors (Lipinski definition) is 1. The minimum absolute atomic E-state index is 0.319. The second-order valence-electron chi connectivity index (χ2n) is 6.53. The molecule has 0 bridgehead atoms. The van der Waals surface area contributed by atoms with Crippen LogP contribution < -0.4 is 5.32 Å². The minimum Gasteiger partial charge on any atom is -0.444 e. The third-order valence-corrected chi connectivity index (χ3v) is 3.53. The molecule has 1 aliphatic heterocycles. The van der Waals surface area contributed by atoms with E-state index in [1.165, 1.54) is 0 Å². The average molecular weight is 302 g/mol. The number of anilines is 1. The molecule has 1 amide bonds. The number of nitrogens with zero attached hydrogens (tertiary/aromatic N) is 3. The zero-order valence-electron chi connectivity index (χ0n) is 13.3. The number of piperidine rings is 1. The van der Waals surface area contributed by atoms with Crippen LogP contribution in [0.1, 0.15) is 33.6 Å². The molecule has 0 unspecified atom stereocenters. The predicted molar refractivity (Wildman–Crippen MR) is 83.2 cm³/mol. The van der Waals surface area contributed by atoms with Gasteiger partial charge in [0, 0.05) is 38.3 Å². The normalized spacial score (nSPS) is 17.5. The molecule has 0 aliphatic carbocycles. The Kier molecular flexibility index (Phi) is 4.55. The highest BCUT2D eigenvalue weighted by Gasteiger charge is 2.37. The third-order valence-electron chi connectivity index (χ3n) is 3.53. The first kappa shape index (κ1) is 16.1. The van der Waals surface area contributed by atoms with Crippen molar-refractivity contribution in [1.29, 1.82) is 5.26 Å². The zero-order valence-corrected chi connectivity index (χ0v) is 13.3. The highest BCUT2D eigenvalue weighted by molar-refractivity contribution is 5.68. The van der Waals surface area contributed by atoms with E-state index in [1.807, 2.05) is 32.9 Å². The fourth-order valence-electron chi connectivity index (χ4n) is 2.38. The highest BCUT2D eigenvalue weighted by Crippen LogP contribution is 2.27. The summed E-state index contributed by atoms with van der Waals surface area (Å²) in [6, 6.07) is 6.06. The van der Waals surface area contributed by atoms with Crippen molar-refractivity contribution in [3.8, 4) is 6.07 Å². The minimum atomic E-state index is -0.665.